The molecular weight excluding hydrogens is 246 g/mol. The van der Waals surface area contributed by atoms with Crippen LogP contribution in [-0.2, 0) is 19.1 Å². The summed E-state index contributed by atoms with van der Waals surface area (Å²) in [6.45, 7) is 5.65. The van der Waals surface area contributed by atoms with Gasteiger partial charge in [0.1, 0.15) is 0 Å². The Bertz CT molecular complexity index is 443. The minimum atomic E-state index is -0.383. The van der Waals surface area contributed by atoms with Gasteiger partial charge in [0.15, 0.2) is 0 Å². The van der Waals surface area contributed by atoms with Crippen LogP contribution in [0.25, 0.3) is 0 Å². The highest BCUT2D eigenvalue weighted by atomic mass is 16.5. The molecule has 104 valence electrons. The first kappa shape index (κ1) is 13.8. The normalized spacial score (nSPS) is 33.5. The lowest BCUT2D eigenvalue weighted by Gasteiger charge is -2.29. The lowest BCUT2D eigenvalue weighted by atomic mass is 9.73. The molecule has 1 aliphatic carbocycles. The van der Waals surface area contributed by atoms with E-state index in [1.807, 2.05) is 19.1 Å². The van der Waals surface area contributed by atoms with E-state index in [0.717, 1.165) is 0 Å². The summed E-state index contributed by atoms with van der Waals surface area (Å²) < 4.78 is 5.01. The molecule has 1 aliphatic heterocycles. The Labute approximate surface area is 112 Å². The van der Waals surface area contributed by atoms with Gasteiger partial charge in [-0.25, -0.2) is 0 Å². The predicted molar refractivity (Wildman–Crippen MR) is 67.8 cm³/mol. The Morgan fingerprint density at radius 2 is 1.89 bits per heavy atom. The zero-order valence-corrected chi connectivity index (χ0v) is 11.5. The number of imide groups is 1. The Morgan fingerprint density at radius 1 is 1.26 bits per heavy atom. The first-order valence-electron chi connectivity index (χ1n) is 6.64. The van der Waals surface area contributed by atoms with E-state index in [0.29, 0.717) is 6.54 Å². The van der Waals surface area contributed by atoms with E-state index in [4.69, 9.17) is 4.74 Å². The molecule has 1 saturated heterocycles. The number of esters is 1. The molecule has 5 heteroatoms. The molecule has 0 aromatic rings. The van der Waals surface area contributed by atoms with E-state index in [2.05, 4.69) is 0 Å². The summed E-state index contributed by atoms with van der Waals surface area (Å²) in [6, 6.07) is 0. The molecule has 0 spiro atoms. The highest BCUT2D eigenvalue weighted by Crippen LogP contribution is 2.41. The number of amides is 2. The lowest BCUT2D eigenvalue weighted by Crippen LogP contribution is -2.35. The fourth-order valence-corrected chi connectivity index (χ4v) is 3.02. The number of hydrogen-bond acceptors (Lipinski definition) is 4. The van der Waals surface area contributed by atoms with Crippen LogP contribution in [0, 0.1) is 23.7 Å². The maximum Gasteiger partial charge on any atom is 0.302 e. The maximum atomic E-state index is 12.3. The minimum Gasteiger partial charge on any atom is -0.465 e. The first-order valence-corrected chi connectivity index (χ1v) is 6.64. The highest BCUT2D eigenvalue weighted by Gasteiger charge is 2.52. The average molecular weight is 265 g/mol. The number of nitrogens with zero attached hydrogens (tertiary/aromatic N) is 1. The average Bonchev–Trinajstić information content (AvgIpc) is 2.61. The van der Waals surface area contributed by atoms with E-state index in [1.165, 1.54) is 11.8 Å². The zero-order chi connectivity index (χ0) is 14.2. The molecule has 19 heavy (non-hydrogen) atoms. The van der Waals surface area contributed by atoms with Gasteiger partial charge in [-0.2, -0.15) is 0 Å². The van der Waals surface area contributed by atoms with Crippen molar-refractivity contribution in [2.45, 2.75) is 20.8 Å². The monoisotopic (exact) mass is 265 g/mol. The van der Waals surface area contributed by atoms with Crippen molar-refractivity contribution in [3.63, 3.8) is 0 Å². The van der Waals surface area contributed by atoms with Crippen LogP contribution in [-0.4, -0.2) is 35.8 Å². The third-order valence-electron chi connectivity index (χ3n) is 3.97. The van der Waals surface area contributed by atoms with Crippen molar-refractivity contribution in [2.75, 3.05) is 13.2 Å². The molecule has 0 radical (unpaired) electrons. The molecule has 4 atom stereocenters. The molecule has 1 heterocycles. The summed E-state index contributed by atoms with van der Waals surface area (Å²) in [5.74, 6) is -1.43. The molecular formula is C14H19NO4. The van der Waals surface area contributed by atoms with Crippen molar-refractivity contribution in [3.05, 3.63) is 12.2 Å². The highest BCUT2D eigenvalue weighted by molar-refractivity contribution is 6.05. The standard InChI is InChI=1S/C14H19NO4/c1-4-15-13(17)11-8(2)5-6-10(7-19-9(3)16)12(11)14(15)18/h5-6,8,10-12H,4,7H2,1-3H3. The van der Waals surface area contributed by atoms with E-state index in [9.17, 15) is 14.4 Å². The van der Waals surface area contributed by atoms with Gasteiger partial charge >= 0.3 is 5.97 Å². The molecule has 4 unspecified atom stereocenters. The largest absolute Gasteiger partial charge is 0.465 e. The number of likely N-dealkylation sites (tertiary alicyclic amines) is 1. The Hall–Kier alpha value is -1.65. The predicted octanol–water partition coefficient (Wildman–Crippen LogP) is 0.993. The minimum absolute atomic E-state index is 0.0478. The molecule has 2 aliphatic rings. The second-order valence-electron chi connectivity index (χ2n) is 5.18. The van der Waals surface area contributed by atoms with Crippen molar-refractivity contribution in [1.29, 1.82) is 0 Å². The van der Waals surface area contributed by atoms with Crippen LogP contribution in [0.1, 0.15) is 20.8 Å². The fourth-order valence-electron chi connectivity index (χ4n) is 3.02. The molecule has 0 bridgehead atoms. The summed E-state index contributed by atoms with van der Waals surface area (Å²) in [4.78, 5) is 36.8. The third kappa shape index (κ3) is 2.29. The van der Waals surface area contributed by atoms with Crippen LogP contribution < -0.4 is 0 Å². The van der Waals surface area contributed by atoms with Crippen molar-refractivity contribution in [3.8, 4) is 0 Å². The van der Waals surface area contributed by atoms with Crippen LogP contribution >= 0.6 is 0 Å². The van der Waals surface area contributed by atoms with Crippen LogP contribution in [0.2, 0.25) is 0 Å². The number of carbonyl (C=O) groups is 3. The molecule has 2 rings (SSSR count). The number of ether oxygens (including phenoxy) is 1. The molecule has 1 fully saturated rings. The van der Waals surface area contributed by atoms with Crippen LogP contribution in [0.5, 0.6) is 0 Å². The maximum absolute atomic E-state index is 12.3. The second kappa shape index (κ2) is 5.15. The van der Waals surface area contributed by atoms with E-state index in [-0.39, 0.29) is 48.1 Å². The number of fused-ring (bicyclic) bond motifs is 1. The smallest absolute Gasteiger partial charge is 0.302 e. The van der Waals surface area contributed by atoms with Crippen molar-refractivity contribution in [1.82, 2.24) is 4.90 Å². The number of allylic oxidation sites excluding steroid dienone is 1. The lowest BCUT2D eigenvalue weighted by molar-refractivity contribution is -0.145. The van der Waals surface area contributed by atoms with Gasteiger partial charge in [-0.3, -0.25) is 19.3 Å². The Kier molecular flexibility index (Phi) is 3.73. The molecule has 5 nitrogen and oxygen atoms in total. The third-order valence-corrected chi connectivity index (χ3v) is 3.97. The van der Waals surface area contributed by atoms with Crippen molar-refractivity contribution in [2.24, 2.45) is 23.7 Å². The molecule has 0 N–H and O–H groups in total. The van der Waals surface area contributed by atoms with E-state index >= 15 is 0 Å². The first-order chi connectivity index (χ1) is 8.97. The fraction of sp³-hybridized carbons (Fsp3) is 0.643. The zero-order valence-electron chi connectivity index (χ0n) is 11.5. The summed E-state index contributed by atoms with van der Waals surface area (Å²) in [6.07, 6.45) is 3.85. The molecule has 0 aromatic heterocycles. The van der Waals surface area contributed by atoms with Crippen LogP contribution in [0.4, 0.5) is 0 Å². The van der Waals surface area contributed by atoms with Gasteiger partial charge in [0.05, 0.1) is 18.4 Å². The quantitative estimate of drug-likeness (QED) is 0.434. The van der Waals surface area contributed by atoms with E-state index < -0.39 is 0 Å². The van der Waals surface area contributed by atoms with Crippen molar-refractivity contribution < 1.29 is 19.1 Å². The SMILES string of the molecule is CCN1C(=O)C2C(C)C=CC(COC(C)=O)C2C1=O. The van der Waals surface area contributed by atoms with Gasteiger partial charge in [-0.15, -0.1) is 0 Å². The molecule has 0 aromatic carbocycles. The number of rotatable bonds is 3. The summed E-state index contributed by atoms with van der Waals surface area (Å²) in [5, 5.41) is 0. The van der Waals surface area contributed by atoms with Gasteiger partial charge in [-0.1, -0.05) is 19.1 Å². The van der Waals surface area contributed by atoms with E-state index in [1.54, 1.807) is 6.92 Å². The topological polar surface area (TPSA) is 63.7 Å². The second-order valence-corrected chi connectivity index (χ2v) is 5.18. The summed E-state index contributed by atoms with van der Waals surface area (Å²) in [7, 11) is 0. The Balaban J connectivity index is 2.24. The van der Waals surface area contributed by atoms with Gasteiger partial charge in [-0.05, 0) is 12.8 Å². The summed E-state index contributed by atoms with van der Waals surface area (Å²) >= 11 is 0. The van der Waals surface area contributed by atoms with Crippen LogP contribution in [0.3, 0.4) is 0 Å². The van der Waals surface area contributed by atoms with Gasteiger partial charge in [0.25, 0.3) is 0 Å². The summed E-state index contributed by atoms with van der Waals surface area (Å²) in [5.41, 5.74) is 0. The Morgan fingerprint density at radius 3 is 2.47 bits per heavy atom. The molecule has 2 amide bonds. The van der Waals surface area contributed by atoms with Gasteiger partial charge in [0.2, 0.25) is 11.8 Å². The van der Waals surface area contributed by atoms with Gasteiger partial charge < -0.3 is 4.74 Å². The van der Waals surface area contributed by atoms with Crippen LogP contribution in [0.15, 0.2) is 12.2 Å². The van der Waals surface area contributed by atoms with Crippen molar-refractivity contribution >= 4 is 17.8 Å². The number of carbonyl (C=O) groups excluding carboxylic acids is 3. The molecule has 0 saturated carbocycles. The number of hydrogen-bond donors (Lipinski definition) is 0. The van der Waals surface area contributed by atoms with Gasteiger partial charge in [0, 0.05) is 19.4 Å².